The van der Waals surface area contributed by atoms with Gasteiger partial charge in [0.1, 0.15) is 11.6 Å². The molecule has 0 saturated carbocycles. The summed E-state index contributed by atoms with van der Waals surface area (Å²) in [7, 11) is 1.34. The van der Waals surface area contributed by atoms with Gasteiger partial charge in [-0.2, -0.15) is 0 Å². The van der Waals surface area contributed by atoms with Gasteiger partial charge in [0, 0.05) is 5.56 Å². The number of rotatable bonds is 3. The second-order valence-corrected chi connectivity index (χ2v) is 5.81. The molecule has 0 fully saturated rings. The molecule has 0 N–H and O–H groups in total. The van der Waals surface area contributed by atoms with Crippen LogP contribution in [0.2, 0.25) is 0 Å². The zero-order chi connectivity index (χ0) is 14.9. The van der Waals surface area contributed by atoms with Crippen molar-refractivity contribution >= 4 is 31.9 Å². The summed E-state index contributed by atoms with van der Waals surface area (Å²) in [6.45, 7) is 0. The highest BCUT2D eigenvalue weighted by molar-refractivity contribution is 9.10. The zero-order valence-corrected chi connectivity index (χ0v) is 13.4. The second kappa shape index (κ2) is 6.18. The van der Waals surface area contributed by atoms with Crippen molar-refractivity contribution in [1.82, 2.24) is 0 Å². The van der Waals surface area contributed by atoms with Gasteiger partial charge in [0.2, 0.25) is 0 Å². The van der Waals surface area contributed by atoms with E-state index in [1.165, 1.54) is 25.3 Å². The normalized spacial score (nSPS) is 12.3. The molecule has 0 heterocycles. The third kappa shape index (κ3) is 3.01. The molecule has 0 aromatic heterocycles. The Bertz CT molecular complexity index is 647. The van der Waals surface area contributed by atoms with Gasteiger partial charge in [-0.25, -0.2) is 13.2 Å². The molecule has 106 valence electrons. The number of hydrogen-bond donors (Lipinski definition) is 0. The first-order chi connectivity index (χ1) is 9.43. The van der Waals surface area contributed by atoms with Crippen LogP contribution in [-0.2, 0) is 0 Å². The maximum Gasteiger partial charge on any atom is 0.165 e. The molecule has 1 unspecified atom stereocenters. The Morgan fingerprint density at radius 2 is 1.70 bits per heavy atom. The summed E-state index contributed by atoms with van der Waals surface area (Å²) in [6, 6.07) is 6.29. The summed E-state index contributed by atoms with van der Waals surface area (Å²) >= 11 is 6.21. The monoisotopic (exact) mass is 408 g/mol. The van der Waals surface area contributed by atoms with Gasteiger partial charge in [-0.3, -0.25) is 0 Å². The van der Waals surface area contributed by atoms with Crippen LogP contribution in [0.15, 0.2) is 34.8 Å². The summed E-state index contributed by atoms with van der Waals surface area (Å²) in [5.74, 6) is -1.60. The number of hydrogen-bond acceptors (Lipinski definition) is 1. The first-order valence-electron chi connectivity index (χ1n) is 5.56. The quantitative estimate of drug-likeness (QED) is 0.489. The van der Waals surface area contributed by atoms with Gasteiger partial charge in [0.15, 0.2) is 11.6 Å². The van der Waals surface area contributed by atoms with Gasteiger partial charge in [-0.15, -0.1) is 0 Å². The van der Waals surface area contributed by atoms with Crippen molar-refractivity contribution in [2.24, 2.45) is 0 Å². The molecule has 0 bridgehead atoms. The highest BCUT2D eigenvalue weighted by atomic mass is 79.9. The van der Waals surface area contributed by atoms with Crippen LogP contribution in [-0.4, -0.2) is 7.11 Å². The van der Waals surface area contributed by atoms with Crippen LogP contribution in [0.5, 0.6) is 5.75 Å². The van der Waals surface area contributed by atoms with Crippen LogP contribution in [0, 0.1) is 17.5 Å². The van der Waals surface area contributed by atoms with E-state index in [-0.39, 0.29) is 15.8 Å². The van der Waals surface area contributed by atoms with E-state index in [1.54, 1.807) is 0 Å². The smallest absolute Gasteiger partial charge is 0.165 e. The molecule has 0 aliphatic heterocycles. The molecule has 2 rings (SSSR count). The number of ether oxygens (including phenoxy) is 1. The van der Waals surface area contributed by atoms with Crippen LogP contribution in [0.4, 0.5) is 13.2 Å². The van der Waals surface area contributed by atoms with E-state index in [2.05, 4.69) is 31.9 Å². The van der Waals surface area contributed by atoms with E-state index in [0.29, 0.717) is 5.56 Å². The van der Waals surface area contributed by atoms with Crippen LogP contribution >= 0.6 is 31.9 Å². The zero-order valence-electron chi connectivity index (χ0n) is 10.3. The first kappa shape index (κ1) is 15.4. The number of methoxy groups -OCH3 is 1. The lowest BCUT2D eigenvalue weighted by Gasteiger charge is -2.14. The fraction of sp³-hybridized carbons (Fsp3) is 0.143. The first-order valence-corrected chi connectivity index (χ1v) is 7.27. The average Bonchev–Trinajstić information content (AvgIpc) is 2.42. The van der Waals surface area contributed by atoms with Crippen LogP contribution in [0.25, 0.3) is 0 Å². The number of alkyl halides is 1. The standard InChI is InChI=1S/C14H9Br2F3O/c1-20-13-4-7(2-3-10(13)17)14(16)8-5-12(19)9(15)6-11(8)18/h2-6,14H,1H3. The average molecular weight is 410 g/mol. The maximum absolute atomic E-state index is 13.9. The predicted molar refractivity (Wildman–Crippen MR) is 77.8 cm³/mol. The van der Waals surface area contributed by atoms with E-state index >= 15 is 0 Å². The van der Waals surface area contributed by atoms with Gasteiger partial charge >= 0.3 is 0 Å². The Kier molecular flexibility index (Phi) is 4.75. The van der Waals surface area contributed by atoms with Crippen molar-refractivity contribution < 1.29 is 17.9 Å². The fourth-order valence-electron chi connectivity index (χ4n) is 1.75. The van der Waals surface area contributed by atoms with Crippen LogP contribution in [0.3, 0.4) is 0 Å². The molecule has 2 aromatic rings. The second-order valence-electron chi connectivity index (χ2n) is 4.04. The minimum Gasteiger partial charge on any atom is -0.494 e. The Labute approximate surface area is 131 Å². The summed E-state index contributed by atoms with van der Waals surface area (Å²) in [5.41, 5.74) is 0.684. The highest BCUT2D eigenvalue weighted by Crippen LogP contribution is 2.36. The van der Waals surface area contributed by atoms with Crippen molar-refractivity contribution in [2.45, 2.75) is 4.83 Å². The highest BCUT2D eigenvalue weighted by Gasteiger charge is 2.19. The van der Waals surface area contributed by atoms with Gasteiger partial charge < -0.3 is 4.74 Å². The minimum absolute atomic E-state index is 0.0462. The summed E-state index contributed by atoms with van der Waals surface area (Å²) < 4.78 is 45.7. The van der Waals surface area contributed by atoms with E-state index in [0.717, 1.165) is 12.1 Å². The van der Waals surface area contributed by atoms with Crippen LogP contribution < -0.4 is 4.74 Å². The fourth-order valence-corrected chi connectivity index (χ4v) is 2.70. The summed E-state index contributed by atoms with van der Waals surface area (Å²) in [4.78, 5) is -0.611. The Morgan fingerprint density at radius 1 is 1.00 bits per heavy atom. The molecule has 20 heavy (non-hydrogen) atoms. The van der Waals surface area contributed by atoms with Crippen LogP contribution in [0.1, 0.15) is 16.0 Å². The Hall–Kier alpha value is -1.01. The van der Waals surface area contributed by atoms with Gasteiger partial charge in [-0.05, 0) is 45.8 Å². The van der Waals surface area contributed by atoms with Gasteiger partial charge in [-0.1, -0.05) is 22.0 Å². The molecule has 6 heteroatoms. The third-order valence-electron chi connectivity index (χ3n) is 2.78. The summed E-state index contributed by atoms with van der Waals surface area (Å²) in [5, 5.41) is 0. The predicted octanol–water partition coefficient (Wildman–Crippen LogP) is 5.36. The van der Waals surface area contributed by atoms with Gasteiger partial charge in [0.25, 0.3) is 0 Å². The third-order valence-corrected chi connectivity index (χ3v) is 4.41. The lowest BCUT2D eigenvalue weighted by atomic mass is 10.0. The molecule has 0 radical (unpaired) electrons. The maximum atomic E-state index is 13.9. The largest absolute Gasteiger partial charge is 0.494 e. The van der Waals surface area contributed by atoms with Crippen molar-refractivity contribution in [1.29, 1.82) is 0 Å². The lowest BCUT2D eigenvalue weighted by molar-refractivity contribution is 0.386. The summed E-state index contributed by atoms with van der Waals surface area (Å²) in [6.07, 6.45) is 0. The SMILES string of the molecule is COc1cc(C(Br)c2cc(F)c(Br)cc2F)ccc1F. The van der Waals surface area contributed by atoms with Gasteiger partial charge in [0.05, 0.1) is 16.4 Å². The molecule has 0 aliphatic carbocycles. The number of benzene rings is 2. The molecule has 1 nitrogen and oxygen atoms in total. The van der Waals surface area contributed by atoms with E-state index < -0.39 is 22.3 Å². The molecule has 1 atom stereocenters. The topological polar surface area (TPSA) is 9.23 Å². The van der Waals surface area contributed by atoms with E-state index in [9.17, 15) is 13.2 Å². The molecule has 2 aromatic carbocycles. The van der Waals surface area contributed by atoms with Crippen molar-refractivity contribution in [2.75, 3.05) is 7.11 Å². The number of halogens is 5. The molecule has 0 aliphatic rings. The molecule has 0 saturated heterocycles. The van der Waals surface area contributed by atoms with Crippen molar-refractivity contribution in [3.63, 3.8) is 0 Å². The lowest BCUT2D eigenvalue weighted by Crippen LogP contribution is -2.00. The van der Waals surface area contributed by atoms with E-state index in [1.807, 2.05) is 0 Å². The minimum atomic E-state index is -0.611. The Morgan fingerprint density at radius 3 is 2.35 bits per heavy atom. The molecular formula is C14H9Br2F3O. The van der Waals surface area contributed by atoms with Crippen molar-refractivity contribution in [3.8, 4) is 5.75 Å². The Balaban J connectivity index is 2.46. The molecular weight excluding hydrogens is 401 g/mol. The van der Waals surface area contributed by atoms with Crippen molar-refractivity contribution in [3.05, 3.63) is 63.4 Å². The van der Waals surface area contributed by atoms with E-state index in [4.69, 9.17) is 4.74 Å². The molecule has 0 amide bonds. The molecule has 0 spiro atoms.